The smallest absolute Gasteiger partial charge is 0.276 e. The average Bonchev–Trinajstić information content (AvgIpc) is 3.13. The molecule has 2 aromatic rings. The Labute approximate surface area is 155 Å². The molecule has 26 heavy (non-hydrogen) atoms. The molecule has 0 bridgehead atoms. The van der Waals surface area contributed by atoms with Gasteiger partial charge in [-0.25, -0.2) is 0 Å². The molecular formula is C19H16N4O2S. The SMILES string of the molecule is Cc1ccc(N2C(=O)CSC2=NN=C2C(=O)Nc3ccc(C)cc32)cc1. The van der Waals surface area contributed by atoms with E-state index < -0.39 is 0 Å². The van der Waals surface area contributed by atoms with Crippen LogP contribution in [0.4, 0.5) is 11.4 Å². The lowest BCUT2D eigenvalue weighted by Crippen LogP contribution is -2.29. The largest absolute Gasteiger partial charge is 0.320 e. The van der Waals surface area contributed by atoms with E-state index in [1.54, 1.807) is 0 Å². The van der Waals surface area contributed by atoms with Crippen molar-refractivity contribution in [3.8, 4) is 0 Å². The second-order valence-corrected chi connectivity index (χ2v) is 7.13. The highest BCUT2D eigenvalue weighted by Crippen LogP contribution is 2.28. The maximum atomic E-state index is 12.3. The highest BCUT2D eigenvalue weighted by molar-refractivity contribution is 8.15. The van der Waals surface area contributed by atoms with Gasteiger partial charge in [0.2, 0.25) is 5.91 Å². The highest BCUT2D eigenvalue weighted by Gasteiger charge is 2.31. The molecule has 130 valence electrons. The minimum absolute atomic E-state index is 0.0510. The van der Waals surface area contributed by atoms with Gasteiger partial charge in [-0.2, -0.15) is 0 Å². The standard InChI is InChI=1S/C19H16N4O2S/c1-11-3-6-13(7-4-11)23-16(24)10-26-19(23)22-21-17-14-9-12(2)5-8-15(14)20-18(17)25/h3-9H,10H2,1-2H3,(H,20,21,25). The molecule has 0 saturated carbocycles. The Morgan fingerprint density at radius 1 is 1.00 bits per heavy atom. The van der Waals surface area contributed by atoms with E-state index in [0.29, 0.717) is 10.9 Å². The van der Waals surface area contributed by atoms with Crippen molar-refractivity contribution in [3.63, 3.8) is 0 Å². The second kappa shape index (κ2) is 6.42. The number of thioether (sulfide) groups is 1. The summed E-state index contributed by atoms with van der Waals surface area (Å²) >= 11 is 1.31. The molecular weight excluding hydrogens is 348 g/mol. The summed E-state index contributed by atoms with van der Waals surface area (Å²) in [6.07, 6.45) is 0. The minimum Gasteiger partial charge on any atom is -0.320 e. The number of amides is 2. The van der Waals surface area contributed by atoms with Crippen molar-refractivity contribution in [2.45, 2.75) is 13.8 Å². The van der Waals surface area contributed by atoms with E-state index in [4.69, 9.17) is 0 Å². The van der Waals surface area contributed by atoms with E-state index in [0.717, 1.165) is 28.1 Å². The summed E-state index contributed by atoms with van der Waals surface area (Å²) in [7, 11) is 0. The lowest BCUT2D eigenvalue weighted by Gasteiger charge is -2.15. The zero-order valence-corrected chi connectivity index (χ0v) is 15.1. The summed E-state index contributed by atoms with van der Waals surface area (Å²) in [6, 6.07) is 13.3. The molecule has 6 nitrogen and oxygen atoms in total. The summed E-state index contributed by atoms with van der Waals surface area (Å²) in [4.78, 5) is 26.0. The number of hydrogen-bond donors (Lipinski definition) is 1. The molecule has 0 unspecified atom stereocenters. The van der Waals surface area contributed by atoms with Crippen LogP contribution in [0.2, 0.25) is 0 Å². The Morgan fingerprint density at radius 2 is 1.73 bits per heavy atom. The normalized spacial score (nSPS) is 19.4. The molecule has 1 N–H and O–H groups in total. The van der Waals surface area contributed by atoms with Crippen molar-refractivity contribution in [1.82, 2.24) is 0 Å². The third-order valence-electron chi connectivity index (χ3n) is 4.19. The molecule has 0 radical (unpaired) electrons. The fraction of sp³-hybridized carbons (Fsp3) is 0.158. The van der Waals surface area contributed by atoms with Crippen molar-refractivity contribution in [1.29, 1.82) is 0 Å². The van der Waals surface area contributed by atoms with E-state index in [1.807, 2.05) is 56.3 Å². The molecule has 4 rings (SSSR count). The molecule has 0 spiro atoms. The number of carbonyl (C=O) groups is 2. The van der Waals surface area contributed by atoms with Crippen LogP contribution in [0.15, 0.2) is 52.7 Å². The number of rotatable bonds is 2. The van der Waals surface area contributed by atoms with E-state index in [-0.39, 0.29) is 17.5 Å². The fourth-order valence-electron chi connectivity index (χ4n) is 2.84. The van der Waals surface area contributed by atoms with Crippen molar-refractivity contribution in [2.75, 3.05) is 16.0 Å². The predicted octanol–water partition coefficient (Wildman–Crippen LogP) is 3.10. The molecule has 1 saturated heterocycles. The van der Waals surface area contributed by atoms with Crippen LogP contribution in [0.3, 0.4) is 0 Å². The van der Waals surface area contributed by atoms with Crippen LogP contribution >= 0.6 is 11.8 Å². The van der Waals surface area contributed by atoms with E-state index >= 15 is 0 Å². The van der Waals surface area contributed by atoms with Gasteiger partial charge in [-0.1, -0.05) is 41.1 Å². The van der Waals surface area contributed by atoms with Gasteiger partial charge in [-0.15, -0.1) is 10.2 Å². The number of nitrogens with zero attached hydrogens (tertiary/aromatic N) is 3. The quantitative estimate of drug-likeness (QED) is 0.832. The predicted molar refractivity (Wildman–Crippen MR) is 105 cm³/mol. The first kappa shape index (κ1) is 16.5. The Hall–Kier alpha value is -2.93. The number of fused-ring (bicyclic) bond motifs is 1. The van der Waals surface area contributed by atoms with Gasteiger partial charge >= 0.3 is 0 Å². The Morgan fingerprint density at radius 3 is 2.50 bits per heavy atom. The maximum absolute atomic E-state index is 12.3. The van der Waals surface area contributed by atoms with Crippen LogP contribution in [-0.2, 0) is 9.59 Å². The first-order valence-corrected chi connectivity index (χ1v) is 9.12. The highest BCUT2D eigenvalue weighted by atomic mass is 32.2. The number of benzene rings is 2. The van der Waals surface area contributed by atoms with Crippen LogP contribution in [0.25, 0.3) is 0 Å². The van der Waals surface area contributed by atoms with Crippen LogP contribution in [-0.4, -0.2) is 28.4 Å². The third kappa shape index (κ3) is 2.90. The summed E-state index contributed by atoms with van der Waals surface area (Å²) in [6.45, 7) is 3.95. The molecule has 0 atom stereocenters. The molecule has 2 aliphatic heterocycles. The van der Waals surface area contributed by atoms with Crippen molar-refractivity contribution in [2.24, 2.45) is 10.2 Å². The number of aryl methyl sites for hydroxylation is 2. The number of amidine groups is 1. The second-order valence-electron chi connectivity index (χ2n) is 6.19. The van der Waals surface area contributed by atoms with Gasteiger partial charge in [-0.05, 0) is 38.1 Å². The maximum Gasteiger partial charge on any atom is 0.276 e. The number of anilines is 2. The number of carbonyl (C=O) groups excluding carboxylic acids is 2. The van der Waals surface area contributed by atoms with Gasteiger partial charge in [0.15, 0.2) is 10.9 Å². The number of nitrogens with one attached hydrogen (secondary N) is 1. The summed E-state index contributed by atoms with van der Waals surface area (Å²) < 4.78 is 0. The molecule has 0 aromatic heterocycles. The van der Waals surface area contributed by atoms with E-state index in [9.17, 15) is 9.59 Å². The first-order valence-electron chi connectivity index (χ1n) is 8.13. The van der Waals surface area contributed by atoms with Crippen LogP contribution in [0.1, 0.15) is 16.7 Å². The molecule has 2 heterocycles. The molecule has 1 fully saturated rings. The molecule has 7 heteroatoms. The fourth-order valence-corrected chi connectivity index (χ4v) is 3.66. The van der Waals surface area contributed by atoms with E-state index in [1.165, 1.54) is 16.7 Å². The van der Waals surface area contributed by atoms with Crippen LogP contribution in [0, 0.1) is 13.8 Å². The van der Waals surface area contributed by atoms with Gasteiger partial charge < -0.3 is 5.32 Å². The first-order chi connectivity index (χ1) is 12.5. The third-order valence-corrected chi connectivity index (χ3v) is 5.10. The molecule has 2 aliphatic rings. The van der Waals surface area contributed by atoms with Gasteiger partial charge in [0.05, 0.1) is 17.1 Å². The zero-order chi connectivity index (χ0) is 18.3. The molecule has 2 aromatic carbocycles. The van der Waals surface area contributed by atoms with Crippen molar-refractivity contribution in [3.05, 3.63) is 59.2 Å². The summed E-state index contributed by atoms with van der Waals surface area (Å²) in [5.41, 5.74) is 4.62. The van der Waals surface area contributed by atoms with Gasteiger partial charge in [0, 0.05) is 5.56 Å². The Balaban J connectivity index is 1.71. The Kier molecular flexibility index (Phi) is 4.08. The minimum atomic E-state index is -0.286. The lowest BCUT2D eigenvalue weighted by atomic mass is 10.1. The van der Waals surface area contributed by atoms with Gasteiger partial charge in [0.25, 0.3) is 5.91 Å². The molecule has 0 aliphatic carbocycles. The van der Waals surface area contributed by atoms with Crippen LogP contribution < -0.4 is 10.2 Å². The topological polar surface area (TPSA) is 74.1 Å². The van der Waals surface area contributed by atoms with Crippen LogP contribution in [0.5, 0.6) is 0 Å². The summed E-state index contributed by atoms with van der Waals surface area (Å²) in [5, 5.41) is 11.7. The zero-order valence-electron chi connectivity index (χ0n) is 14.3. The lowest BCUT2D eigenvalue weighted by molar-refractivity contribution is -0.115. The summed E-state index contributed by atoms with van der Waals surface area (Å²) in [5.74, 6) is -0.0319. The van der Waals surface area contributed by atoms with E-state index in [2.05, 4.69) is 15.5 Å². The van der Waals surface area contributed by atoms with Gasteiger partial charge in [0.1, 0.15) is 0 Å². The van der Waals surface area contributed by atoms with Crippen molar-refractivity contribution >= 4 is 45.8 Å². The monoisotopic (exact) mass is 364 g/mol. The Bertz CT molecular complexity index is 980. The molecule has 2 amide bonds. The number of hydrogen-bond acceptors (Lipinski definition) is 5. The van der Waals surface area contributed by atoms with Crippen molar-refractivity contribution < 1.29 is 9.59 Å². The van der Waals surface area contributed by atoms with Gasteiger partial charge in [-0.3, -0.25) is 14.5 Å². The average molecular weight is 364 g/mol.